The van der Waals surface area contributed by atoms with Crippen molar-refractivity contribution in [2.24, 2.45) is 0 Å². The van der Waals surface area contributed by atoms with Crippen LogP contribution in [0.2, 0.25) is 0 Å². The predicted molar refractivity (Wildman–Crippen MR) is 66.4 cm³/mol. The third kappa shape index (κ3) is 1.90. The molecule has 0 atom stereocenters. The molecule has 0 amide bonds. The minimum Gasteiger partial charge on any atom is -0.452 e. The van der Waals surface area contributed by atoms with Crippen LogP contribution in [0.15, 0.2) is 18.5 Å². The number of carbonyl (C=O) groups excluding carboxylic acids is 1. The number of aryl methyl sites for hydroxylation is 1. The fourth-order valence-electron chi connectivity index (χ4n) is 2.04. The Morgan fingerprint density at radius 3 is 2.71 bits per heavy atom. The molecule has 0 aliphatic rings. The van der Waals surface area contributed by atoms with E-state index in [1.54, 1.807) is 0 Å². The van der Waals surface area contributed by atoms with Gasteiger partial charge in [0.1, 0.15) is 6.33 Å². The first-order valence-electron chi connectivity index (χ1n) is 5.60. The molecule has 0 N–H and O–H groups in total. The van der Waals surface area contributed by atoms with Gasteiger partial charge in [0.2, 0.25) is 0 Å². The number of aromatic nitrogens is 2. The Morgan fingerprint density at radius 2 is 2.12 bits per heavy atom. The van der Waals surface area contributed by atoms with Crippen molar-refractivity contribution in [1.82, 2.24) is 9.55 Å². The number of imidazole rings is 1. The Bertz CT molecular complexity index is 570. The molecule has 17 heavy (non-hydrogen) atoms. The molecule has 0 spiro atoms. The molecule has 0 saturated heterocycles. The Kier molecular flexibility index (Phi) is 2.88. The summed E-state index contributed by atoms with van der Waals surface area (Å²) in [6, 6.07) is 4.02. The molecule has 0 saturated carbocycles. The molecule has 0 unspecified atom stereocenters. The Labute approximate surface area is 100 Å². The zero-order chi connectivity index (χ0) is 12.6. The summed E-state index contributed by atoms with van der Waals surface area (Å²) in [6.45, 7) is 6.33. The van der Waals surface area contributed by atoms with E-state index in [4.69, 9.17) is 4.74 Å². The van der Waals surface area contributed by atoms with Crippen molar-refractivity contribution < 1.29 is 9.53 Å². The standard InChI is InChI=1S/C13H16N2O2/c1-8(2)10-6-12-11(5-9(10)3)14-7-15(12)13(16)17-4/h5-8H,1-4H3. The summed E-state index contributed by atoms with van der Waals surface area (Å²) in [5, 5.41) is 0. The lowest BCUT2D eigenvalue weighted by Crippen LogP contribution is -2.10. The van der Waals surface area contributed by atoms with Crippen molar-refractivity contribution in [3.63, 3.8) is 0 Å². The Morgan fingerprint density at radius 1 is 1.41 bits per heavy atom. The molecule has 4 heteroatoms. The van der Waals surface area contributed by atoms with E-state index in [0.29, 0.717) is 5.92 Å². The number of hydrogen-bond donors (Lipinski definition) is 0. The van der Waals surface area contributed by atoms with Crippen LogP contribution < -0.4 is 0 Å². The topological polar surface area (TPSA) is 44.1 Å². The maximum Gasteiger partial charge on any atom is 0.419 e. The highest BCUT2D eigenvalue weighted by atomic mass is 16.5. The van der Waals surface area contributed by atoms with Gasteiger partial charge in [0.15, 0.2) is 0 Å². The van der Waals surface area contributed by atoms with Crippen LogP contribution >= 0.6 is 0 Å². The van der Waals surface area contributed by atoms with Gasteiger partial charge in [-0.3, -0.25) is 0 Å². The zero-order valence-electron chi connectivity index (χ0n) is 10.5. The van der Waals surface area contributed by atoms with Gasteiger partial charge in [-0.15, -0.1) is 0 Å². The van der Waals surface area contributed by atoms with Crippen LogP contribution in [0.4, 0.5) is 4.79 Å². The van der Waals surface area contributed by atoms with Gasteiger partial charge in [-0.05, 0) is 36.1 Å². The van der Waals surface area contributed by atoms with Crippen LogP contribution in [0.5, 0.6) is 0 Å². The van der Waals surface area contributed by atoms with E-state index in [9.17, 15) is 4.79 Å². The van der Waals surface area contributed by atoms with Crippen molar-refractivity contribution in [3.05, 3.63) is 29.6 Å². The summed E-state index contributed by atoms with van der Waals surface area (Å²) in [7, 11) is 1.37. The molecule has 1 aromatic carbocycles. The van der Waals surface area contributed by atoms with Crippen molar-refractivity contribution in [2.45, 2.75) is 26.7 Å². The second kappa shape index (κ2) is 4.20. The molecule has 1 heterocycles. The van der Waals surface area contributed by atoms with E-state index in [2.05, 4.69) is 25.8 Å². The molecule has 2 aromatic rings. The average Bonchev–Trinajstić information content (AvgIpc) is 2.69. The molecule has 0 fully saturated rings. The van der Waals surface area contributed by atoms with E-state index in [1.165, 1.54) is 29.1 Å². The van der Waals surface area contributed by atoms with Gasteiger partial charge in [-0.25, -0.2) is 14.3 Å². The van der Waals surface area contributed by atoms with Gasteiger partial charge in [0.05, 0.1) is 18.1 Å². The monoisotopic (exact) mass is 232 g/mol. The second-order valence-corrected chi connectivity index (χ2v) is 4.44. The fraction of sp³-hybridized carbons (Fsp3) is 0.385. The third-order valence-electron chi connectivity index (χ3n) is 2.93. The summed E-state index contributed by atoms with van der Waals surface area (Å²) in [5.41, 5.74) is 4.04. The highest BCUT2D eigenvalue weighted by Crippen LogP contribution is 2.24. The first-order valence-corrected chi connectivity index (χ1v) is 5.60. The van der Waals surface area contributed by atoms with Crippen molar-refractivity contribution >= 4 is 17.1 Å². The fourth-order valence-corrected chi connectivity index (χ4v) is 2.04. The van der Waals surface area contributed by atoms with Gasteiger partial charge < -0.3 is 4.74 Å². The summed E-state index contributed by atoms with van der Waals surface area (Å²) in [4.78, 5) is 15.8. The summed E-state index contributed by atoms with van der Waals surface area (Å²) >= 11 is 0. The number of nitrogens with zero attached hydrogens (tertiary/aromatic N) is 2. The number of hydrogen-bond acceptors (Lipinski definition) is 3. The molecular weight excluding hydrogens is 216 g/mol. The number of rotatable bonds is 1. The molecule has 0 radical (unpaired) electrons. The van der Waals surface area contributed by atoms with Crippen LogP contribution in [0.1, 0.15) is 30.9 Å². The molecular formula is C13H16N2O2. The second-order valence-electron chi connectivity index (χ2n) is 4.44. The Balaban J connectivity index is 2.67. The maximum absolute atomic E-state index is 11.6. The van der Waals surface area contributed by atoms with Crippen LogP contribution in [-0.4, -0.2) is 22.8 Å². The molecule has 1 aromatic heterocycles. The largest absolute Gasteiger partial charge is 0.452 e. The Hall–Kier alpha value is -1.84. The van der Waals surface area contributed by atoms with E-state index in [-0.39, 0.29) is 0 Å². The first kappa shape index (κ1) is 11.6. The number of benzene rings is 1. The van der Waals surface area contributed by atoms with Crippen LogP contribution in [0.25, 0.3) is 11.0 Å². The van der Waals surface area contributed by atoms with Crippen molar-refractivity contribution in [2.75, 3.05) is 7.11 Å². The minimum atomic E-state index is -0.411. The lowest BCUT2D eigenvalue weighted by molar-refractivity contribution is 0.174. The van der Waals surface area contributed by atoms with E-state index in [0.717, 1.165) is 11.0 Å². The number of fused-ring (bicyclic) bond motifs is 1. The van der Waals surface area contributed by atoms with E-state index >= 15 is 0 Å². The first-order chi connectivity index (χ1) is 8.04. The predicted octanol–water partition coefficient (Wildman–Crippen LogP) is 3.08. The van der Waals surface area contributed by atoms with Crippen LogP contribution in [-0.2, 0) is 4.74 Å². The van der Waals surface area contributed by atoms with Gasteiger partial charge in [0, 0.05) is 0 Å². The molecule has 2 rings (SSSR count). The summed E-state index contributed by atoms with van der Waals surface area (Å²) in [6.07, 6.45) is 1.09. The lowest BCUT2D eigenvalue weighted by atomic mass is 9.97. The third-order valence-corrected chi connectivity index (χ3v) is 2.93. The zero-order valence-corrected chi connectivity index (χ0v) is 10.5. The van der Waals surface area contributed by atoms with Gasteiger partial charge in [-0.2, -0.15) is 0 Å². The van der Waals surface area contributed by atoms with Crippen LogP contribution in [0.3, 0.4) is 0 Å². The van der Waals surface area contributed by atoms with Crippen molar-refractivity contribution in [3.8, 4) is 0 Å². The average molecular weight is 232 g/mol. The van der Waals surface area contributed by atoms with Crippen LogP contribution in [0, 0.1) is 6.92 Å². The molecule has 0 bridgehead atoms. The summed E-state index contributed by atoms with van der Waals surface area (Å²) < 4.78 is 6.15. The highest BCUT2D eigenvalue weighted by molar-refractivity contribution is 5.87. The van der Waals surface area contributed by atoms with Gasteiger partial charge >= 0.3 is 6.09 Å². The smallest absolute Gasteiger partial charge is 0.419 e. The minimum absolute atomic E-state index is 0.411. The van der Waals surface area contributed by atoms with Gasteiger partial charge in [0.25, 0.3) is 0 Å². The van der Waals surface area contributed by atoms with E-state index < -0.39 is 6.09 Å². The van der Waals surface area contributed by atoms with Crippen molar-refractivity contribution in [1.29, 1.82) is 0 Å². The highest BCUT2D eigenvalue weighted by Gasteiger charge is 2.13. The SMILES string of the molecule is COC(=O)n1cnc2cc(C)c(C(C)C)cc21. The quantitative estimate of drug-likeness (QED) is 0.759. The number of carbonyl (C=O) groups is 1. The lowest BCUT2D eigenvalue weighted by Gasteiger charge is -2.10. The molecule has 0 aliphatic heterocycles. The molecule has 90 valence electrons. The summed E-state index contributed by atoms with van der Waals surface area (Å²) in [5.74, 6) is 0.417. The number of methoxy groups -OCH3 is 1. The maximum atomic E-state index is 11.6. The van der Waals surface area contributed by atoms with Gasteiger partial charge in [-0.1, -0.05) is 13.8 Å². The number of ether oxygens (including phenoxy) is 1. The molecule has 0 aliphatic carbocycles. The normalized spacial score (nSPS) is 11.1. The van der Waals surface area contributed by atoms with E-state index in [1.807, 2.05) is 12.1 Å². The molecule has 4 nitrogen and oxygen atoms in total.